The van der Waals surface area contributed by atoms with E-state index in [1.807, 2.05) is 48.1 Å². The maximum atomic E-state index is 13.1. The number of rotatable bonds is 3. The molecule has 0 bridgehead atoms. The van der Waals surface area contributed by atoms with E-state index in [1.54, 1.807) is 6.07 Å². The molecule has 1 aromatic heterocycles. The molecule has 0 saturated heterocycles. The Morgan fingerprint density at radius 2 is 1.95 bits per heavy atom. The van der Waals surface area contributed by atoms with Gasteiger partial charge in [0, 0.05) is 18.6 Å². The van der Waals surface area contributed by atoms with Gasteiger partial charge in [0.1, 0.15) is 18.2 Å². The predicted molar refractivity (Wildman–Crippen MR) is 73.7 cm³/mol. The number of aryl methyl sites for hydroxylation is 1. The van der Waals surface area contributed by atoms with Crippen LogP contribution in [0.15, 0.2) is 54.7 Å². The number of nitrogens with zero attached hydrogens (tertiary/aromatic N) is 1. The summed E-state index contributed by atoms with van der Waals surface area (Å²) in [5.74, 6) is 0.585. The van der Waals surface area contributed by atoms with E-state index in [0.29, 0.717) is 6.61 Å². The molecule has 0 atom stereocenters. The standard InChI is InChI=1S/C16H14FNO/c1-18-9-8-14-15(18)6-3-7-16(14)19-11-12-4-2-5-13(17)10-12/h2-10H,11H2,1H3. The maximum Gasteiger partial charge on any atom is 0.129 e. The Balaban J connectivity index is 1.86. The molecule has 3 heteroatoms. The minimum absolute atomic E-state index is 0.237. The molecule has 0 unspecified atom stereocenters. The molecule has 0 aliphatic carbocycles. The molecule has 96 valence electrons. The third kappa shape index (κ3) is 2.32. The Morgan fingerprint density at radius 1 is 1.11 bits per heavy atom. The summed E-state index contributed by atoms with van der Waals surface area (Å²) in [4.78, 5) is 0. The summed E-state index contributed by atoms with van der Waals surface area (Å²) in [6.07, 6.45) is 2.00. The van der Waals surface area contributed by atoms with Crippen LogP contribution in [0.5, 0.6) is 5.75 Å². The summed E-state index contributed by atoms with van der Waals surface area (Å²) in [7, 11) is 2.00. The first-order valence-corrected chi connectivity index (χ1v) is 6.15. The Labute approximate surface area is 111 Å². The summed E-state index contributed by atoms with van der Waals surface area (Å²) in [5, 5.41) is 1.07. The Bertz CT molecular complexity index is 718. The van der Waals surface area contributed by atoms with Gasteiger partial charge in [-0.25, -0.2) is 4.39 Å². The molecule has 3 aromatic rings. The fourth-order valence-corrected chi connectivity index (χ4v) is 2.19. The van der Waals surface area contributed by atoms with Crippen molar-refractivity contribution in [3.8, 4) is 5.75 Å². The Kier molecular flexibility index (Phi) is 2.95. The maximum absolute atomic E-state index is 13.1. The van der Waals surface area contributed by atoms with Crippen molar-refractivity contribution < 1.29 is 9.13 Å². The molecular weight excluding hydrogens is 241 g/mol. The fraction of sp³-hybridized carbons (Fsp3) is 0.125. The van der Waals surface area contributed by atoms with Crippen LogP contribution in [0, 0.1) is 5.82 Å². The van der Waals surface area contributed by atoms with Crippen LogP contribution >= 0.6 is 0 Å². The predicted octanol–water partition coefficient (Wildman–Crippen LogP) is 3.90. The monoisotopic (exact) mass is 255 g/mol. The molecule has 19 heavy (non-hydrogen) atoms. The van der Waals surface area contributed by atoms with E-state index < -0.39 is 0 Å². The second-order valence-electron chi connectivity index (χ2n) is 4.53. The van der Waals surface area contributed by atoms with E-state index in [4.69, 9.17) is 4.74 Å². The molecular formula is C16H14FNO. The number of halogens is 1. The summed E-state index contributed by atoms with van der Waals surface area (Å²) in [6, 6.07) is 14.4. The lowest BCUT2D eigenvalue weighted by Crippen LogP contribution is -1.96. The van der Waals surface area contributed by atoms with Gasteiger partial charge in [-0.3, -0.25) is 0 Å². The van der Waals surface area contributed by atoms with E-state index in [1.165, 1.54) is 12.1 Å². The van der Waals surface area contributed by atoms with Crippen LogP contribution < -0.4 is 4.74 Å². The number of benzene rings is 2. The van der Waals surface area contributed by atoms with Crippen LogP contribution in [-0.2, 0) is 13.7 Å². The molecule has 0 aliphatic heterocycles. The largest absolute Gasteiger partial charge is 0.488 e. The van der Waals surface area contributed by atoms with Gasteiger partial charge in [0.2, 0.25) is 0 Å². The highest BCUT2D eigenvalue weighted by molar-refractivity contribution is 5.86. The van der Waals surface area contributed by atoms with Crippen LogP contribution in [0.2, 0.25) is 0 Å². The lowest BCUT2D eigenvalue weighted by atomic mass is 10.2. The van der Waals surface area contributed by atoms with Crippen molar-refractivity contribution >= 4 is 10.9 Å². The number of fused-ring (bicyclic) bond motifs is 1. The highest BCUT2D eigenvalue weighted by Crippen LogP contribution is 2.26. The van der Waals surface area contributed by atoms with E-state index in [0.717, 1.165) is 22.2 Å². The van der Waals surface area contributed by atoms with Gasteiger partial charge >= 0.3 is 0 Å². The van der Waals surface area contributed by atoms with Gasteiger partial charge in [-0.15, -0.1) is 0 Å². The van der Waals surface area contributed by atoms with Crippen LogP contribution in [0.1, 0.15) is 5.56 Å². The van der Waals surface area contributed by atoms with E-state index in [9.17, 15) is 4.39 Å². The zero-order valence-corrected chi connectivity index (χ0v) is 10.6. The molecule has 3 rings (SSSR count). The highest BCUT2D eigenvalue weighted by Gasteiger charge is 2.05. The van der Waals surface area contributed by atoms with E-state index in [2.05, 4.69) is 0 Å². The van der Waals surface area contributed by atoms with Gasteiger partial charge in [0.05, 0.1) is 5.52 Å². The first kappa shape index (κ1) is 11.8. The molecule has 1 heterocycles. The van der Waals surface area contributed by atoms with Gasteiger partial charge in [-0.1, -0.05) is 18.2 Å². The third-order valence-corrected chi connectivity index (χ3v) is 3.17. The van der Waals surface area contributed by atoms with Crippen LogP contribution in [0.3, 0.4) is 0 Å². The molecule has 0 radical (unpaired) electrons. The van der Waals surface area contributed by atoms with Crippen molar-refractivity contribution in [3.63, 3.8) is 0 Å². The topological polar surface area (TPSA) is 14.2 Å². The number of ether oxygens (including phenoxy) is 1. The average molecular weight is 255 g/mol. The van der Waals surface area contributed by atoms with Crippen molar-refractivity contribution in [2.45, 2.75) is 6.61 Å². The average Bonchev–Trinajstić information content (AvgIpc) is 2.79. The second kappa shape index (κ2) is 4.76. The van der Waals surface area contributed by atoms with Crippen molar-refractivity contribution in [1.82, 2.24) is 4.57 Å². The van der Waals surface area contributed by atoms with Crippen LogP contribution in [0.4, 0.5) is 4.39 Å². The fourth-order valence-electron chi connectivity index (χ4n) is 2.19. The minimum atomic E-state index is -0.237. The Morgan fingerprint density at radius 3 is 2.79 bits per heavy atom. The first-order valence-electron chi connectivity index (χ1n) is 6.15. The second-order valence-corrected chi connectivity index (χ2v) is 4.53. The van der Waals surface area contributed by atoms with E-state index in [-0.39, 0.29) is 5.82 Å². The van der Waals surface area contributed by atoms with Gasteiger partial charge in [0.25, 0.3) is 0 Å². The van der Waals surface area contributed by atoms with Gasteiger partial charge in [-0.2, -0.15) is 0 Å². The van der Waals surface area contributed by atoms with Gasteiger partial charge in [0.15, 0.2) is 0 Å². The van der Waals surface area contributed by atoms with Crippen molar-refractivity contribution in [2.24, 2.45) is 7.05 Å². The summed E-state index contributed by atoms with van der Waals surface area (Å²) < 4.78 is 20.9. The third-order valence-electron chi connectivity index (χ3n) is 3.17. The highest BCUT2D eigenvalue weighted by atomic mass is 19.1. The van der Waals surface area contributed by atoms with Crippen LogP contribution in [-0.4, -0.2) is 4.57 Å². The van der Waals surface area contributed by atoms with Crippen molar-refractivity contribution in [1.29, 1.82) is 0 Å². The molecule has 2 nitrogen and oxygen atoms in total. The zero-order chi connectivity index (χ0) is 13.2. The van der Waals surface area contributed by atoms with E-state index >= 15 is 0 Å². The van der Waals surface area contributed by atoms with Gasteiger partial charge < -0.3 is 9.30 Å². The number of hydrogen-bond donors (Lipinski definition) is 0. The lowest BCUT2D eigenvalue weighted by Gasteiger charge is -2.08. The van der Waals surface area contributed by atoms with Crippen molar-refractivity contribution in [2.75, 3.05) is 0 Å². The SMILES string of the molecule is Cn1ccc2c(OCc3cccc(F)c3)cccc21. The molecule has 0 N–H and O–H groups in total. The molecule has 0 amide bonds. The number of aromatic nitrogens is 1. The normalized spacial score (nSPS) is 10.8. The summed E-state index contributed by atoms with van der Waals surface area (Å²) >= 11 is 0. The minimum Gasteiger partial charge on any atom is -0.488 e. The van der Waals surface area contributed by atoms with Crippen molar-refractivity contribution in [3.05, 3.63) is 66.1 Å². The lowest BCUT2D eigenvalue weighted by molar-refractivity contribution is 0.309. The van der Waals surface area contributed by atoms with Gasteiger partial charge in [-0.05, 0) is 35.9 Å². The summed E-state index contributed by atoms with van der Waals surface area (Å²) in [5.41, 5.74) is 1.95. The zero-order valence-electron chi connectivity index (χ0n) is 10.6. The quantitative estimate of drug-likeness (QED) is 0.692. The summed E-state index contributed by atoms with van der Waals surface area (Å²) in [6.45, 7) is 0.367. The molecule has 0 aliphatic rings. The molecule has 0 spiro atoms. The van der Waals surface area contributed by atoms with Crippen LogP contribution in [0.25, 0.3) is 10.9 Å². The molecule has 0 fully saturated rings. The molecule has 0 saturated carbocycles. The smallest absolute Gasteiger partial charge is 0.129 e. The molecule has 2 aromatic carbocycles. The number of hydrogen-bond acceptors (Lipinski definition) is 1. The Hall–Kier alpha value is -2.29. The first-order chi connectivity index (χ1) is 9.24.